The Morgan fingerprint density at radius 3 is 2.02 bits per heavy atom. The van der Waals surface area contributed by atoms with E-state index in [2.05, 4.69) is 153 Å². The van der Waals surface area contributed by atoms with Crippen LogP contribution in [0.2, 0.25) is 0 Å². The van der Waals surface area contributed by atoms with E-state index in [1.807, 2.05) is 0 Å². The molecular weight excluding hydrogens is 587 g/mol. The van der Waals surface area contributed by atoms with E-state index in [-0.39, 0.29) is 11.8 Å². The van der Waals surface area contributed by atoms with Crippen LogP contribution in [-0.2, 0) is 11.8 Å². The number of rotatable bonds is 3. The van der Waals surface area contributed by atoms with Crippen LogP contribution < -0.4 is 20.1 Å². The van der Waals surface area contributed by atoms with Gasteiger partial charge in [0.25, 0.3) is 0 Å². The number of ether oxygens (including phenoxy) is 2. The molecule has 0 saturated heterocycles. The van der Waals surface area contributed by atoms with Crippen LogP contribution in [0.4, 0.5) is 0 Å². The summed E-state index contributed by atoms with van der Waals surface area (Å²) in [5.74, 6) is 2.56. The van der Waals surface area contributed by atoms with Gasteiger partial charge in [-0.05, 0) is 100.0 Å². The highest BCUT2D eigenvalue weighted by Gasteiger charge is 2.51. The second kappa shape index (κ2) is 10.2. The van der Waals surface area contributed by atoms with Crippen molar-refractivity contribution in [2.24, 2.45) is 0 Å². The number of benzene rings is 6. The van der Waals surface area contributed by atoms with Gasteiger partial charge in [0, 0.05) is 16.9 Å². The Bertz CT molecular complexity index is 2160. The number of fused-ring (bicyclic) bond motifs is 6. The van der Waals surface area contributed by atoms with Gasteiger partial charge in [0.1, 0.15) is 23.4 Å². The summed E-state index contributed by atoms with van der Waals surface area (Å²) in [5.41, 5.74) is 10.5. The fourth-order valence-electron chi connectivity index (χ4n) is 7.23. The lowest BCUT2D eigenvalue weighted by atomic mass is 9.92. The maximum Gasteiger partial charge on any atom is 0.140 e. The Morgan fingerprint density at radius 1 is 0.622 bits per heavy atom. The summed E-state index contributed by atoms with van der Waals surface area (Å²) in [6.45, 7) is 2.11. The summed E-state index contributed by atoms with van der Waals surface area (Å²) in [7, 11) is 0. The highest BCUT2D eigenvalue weighted by molar-refractivity contribution is 8.22. The first-order valence-corrected chi connectivity index (χ1v) is 18.2. The van der Waals surface area contributed by atoms with Gasteiger partial charge in [-0.1, -0.05) is 109 Å². The van der Waals surface area contributed by atoms with Gasteiger partial charge in [-0.25, -0.2) is 0 Å². The van der Waals surface area contributed by atoms with Crippen molar-refractivity contribution in [3.8, 4) is 50.6 Å². The van der Waals surface area contributed by atoms with Gasteiger partial charge in [0.05, 0.1) is 11.0 Å². The van der Waals surface area contributed by atoms with Crippen molar-refractivity contribution in [1.82, 2.24) is 0 Å². The van der Waals surface area contributed by atoms with Crippen LogP contribution in [0.15, 0.2) is 140 Å². The van der Waals surface area contributed by atoms with Gasteiger partial charge in [0.2, 0.25) is 0 Å². The standard InChI is InChI=1S/C41H29O2PS/c1-26-16-21-38-37(22-26)42-36-20-18-33(39-41(36)44(38,45)40-34-15-9-8-14-29(34)17-19-35(40)43-39)32-24-30(27-10-4-2-5-11-27)23-31(25-32)28-12-6-3-7-13-28/h2-25,35,40H,1H3. The highest BCUT2D eigenvalue weighted by atomic mass is 32.4. The van der Waals surface area contributed by atoms with Gasteiger partial charge in [0.15, 0.2) is 0 Å². The molecule has 3 atom stereocenters. The number of hydrogen-bond donors (Lipinski definition) is 0. The van der Waals surface area contributed by atoms with Crippen molar-refractivity contribution in [3.63, 3.8) is 0 Å². The smallest absolute Gasteiger partial charge is 0.140 e. The third kappa shape index (κ3) is 4.12. The molecule has 6 aromatic carbocycles. The van der Waals surface area contributed by atoms with Crippen LogP contribution in [0.1, 0.15) is 22.3 Å². The van der Waals surface area contributed by atoms with E-state index >= 15 is 0 Å². The first-order chi connectivity index (χ1) is 22.1. The maximum absolute atomic E-state index is 7.11. The van der Waals surface area contributed by atoms with Crippen molar-refractivity contribution in [2.75, 3.05) is 0 Å². The normalized spacial score (nSPS) is 20.1. The minimum absolute atomic E-state index is 0.0242. The van der Waals surface area contributed by atoms with Crippen LogP contribution in [0.5, 0.6) is 17.2 Å². The average molecular weight is 617 g/mol. The maximum atomic E-state index is 7.11. The quantitative estimate of drug-likeness (QED) is 0.184. The molecule has 2 aliphatic heterocycles. The summed E-state index contributed by atoms with van der Waals surface area (Å²) in [5, 5.41) is 2.20. The van der Waals surface area contributed by atoms with Crippen molar-refractivity contribution in [1.29, 1.82) is 0 Å². The predicted molar refractivity (Wildman–Crippen MR) is 190 cm³/mol. The second-order valence-corrected chi connectivity index (χ2v) is 16.6. The molecule has 0 N–H and O–H groups in total. The molecule has 0 amide bonds. The fourth-order valence-corrected chi connectivity index (χ4v) is 12.6. The third-order valence-electron chi connectivity index (χ3n) is 9.32. The first kappa shape index (κ1) is 26.7. The Balaban J connectivity index is 1.32. The summed E-state index contributed by atoms with van der Waals surface area (Å²) in [4.78, 5) is 0. The third-order valence-corrected chi connectivity index (χ3v) is 14.7. The zero-order chi connectivity index (χ0) is 30.1. The molecule has 0 spiro atoms. The lowest BCUT2D eigenvalue weighted by molar-refractivity contribution is 0.241. The van der Waals surface area contributed by atoms with Crippen molar-refractivity contribution >= 4 is 34.5 Å². The molecule has 0 radical (unpaired) electrons. The topological polar surface area (TPSA) is 18.5 Å². The van der Waals surface area contributed by atoms with Crippen molar-refractivity contribution < 1.29 is 9.47 Å². The van der Waals surface area contributed by atoms with Crippen LogP contribution >= 0.6 is 6.04 Å². The van der Waals surface area contributed by atoms with E-state index in [1.165, 1.54) is 22.3 Å². The molecule has 3 unspecified atom stereocenters. The molecule has 0 saturated carbocycles. The molecule has 216 valence electrons. The summed E-state index contributed by atoms with van der Waals surface area (Å²) < 4.78 is 13.8. The molecule has 2 heterocycles. The van der Waals surface area contributed by atoms with Crippen LogP contribution in [0.3, 0.4) is 0 Å². The van der Waals surface area contributed by atoms with E-state index < -0.39 is 6.04 Å². The Morgan fingerprint density at radius 2 is 1.29 bits per heavy atom. The lowest BCUT2D eigenvalue weighted by Crippen LogP contribution is -2.41. The van der Waals surface area contributed by atoms with Crippen LogP contribution in [-0.4, -0.2) is 6.10 Å². The van der Waals surface area contributed by atoms with Gasteiger partial charge < -0.3 is 9.47 Å². The molecule has 0 bridgehead atoms. The first-order valence-electron chi connectivity index (χ1n) is 15.3. The minimum atomic E-state index is -2.46. The lowest BCUT2D eigenvalue weighted by Gasteiger charge is -2.47. The van der Waals surface area contributed by atoms with E-state index in [4.69, 9.17) is 21.3 Å². The molecule has 2 nitrogen and oxygen atoms in total. The van der Waals surface area contributed by atoms with Crippen molar-refractivity contribution in [2.45, 2.75) is 18.7 Å². The molecule has 3 aliphatic rings. The Labute approximate surface area is 268 Å². The SMILES string of the molecule is Cc1ccc2c(c1)Oc1ccc(-c3cc(-c4ccccc4)cc(-c4ccccc4)c3)c3c1P2(=S)C1c2ccccc2C=CC1O3. The zero-order valence-electron chi connectivity index (χ0n) is 24.7. The van der Waals surface area contributed by atoms with Gasteiger partial charge >= 0.3 is 0 Å². The summed E-state index contributed by atoms with van der Waals surface area (Å²) in [6.07, 6.45) is 4.25. The molecule has 0 fully saturated rings. The molecule has 4 heteroatoms. The highest BCUT2D eigenvalue weighted by Crippen LogP contribution is 2.70. The number of aryl methyl sites for hydroxylation is 1. The Kier molecular flexibility index (Phi) is 6.03. The average Bonchev–Trinajstić information content (AvgIpc) is 3.08. The monoisotopic (exact) mass is 616 g/mol. The molecule has 9 rings (SSSR count). The Hall–Kier alpha value is -4.69. The molecular formula is C41H29O2PS. The van der Waals surface area contributed by atoms with Gasteiger partial charge in [-0.2, -0.15) is 0 Å². The van der Waals surface area contributed by atoms with E-state index in [9.17, 15) is 0 Å². The van der Waals surface area contributed by atoms with Gasteiger partial charge in [-0.15, -0.1) is 0 Å². The molecule has 45 heavy (non-hydrogen) atoms. The summed E-state index contributed by atoms with van der Waals surface area (Å²) in [6, 6.07) is 45.0. The van der Waals surface area contributed by atoms with Gasteiger partial charge in [-0.3, -0.25) is 0 Å². The minimum Gasteiger partial charge on any atom is -0.484 e. The second-order valence-electron chi connectivity index (χ2n) is 12.1. The van der Waals surface area contributed by atoms with E-state index in [0.717, 1.165) is 55.7 Å². The van der Waals surface area contributed by atoms with Crippen LogP contribution in [0.25, 0.3) is 39.5 Å². The number of hydrogen-bond acceptors (Lipinski definition) is 3. The summed E-state index contributed by atoms with van der Waals surface area (Å²) >= 11 is 7.05. The van der Waals surface area contributed by atoms with Crippen LogP contribution in [0, 0.1) is 6.92 Å². The molecule has 6 aromatic rings. The van der Waals surface area contributed by atoms with Crippen molar-refractivity contribution in [3.05, 3.63) is 156 Å². The van der Waals surface area contributed by atoms with E-state index in [0.29, 0.717) is 0 Å². The predicted octanol–water partition coefficient (Wildman–Crippen LogP) is 10.1. The fraction of sp³-hybridized carbons (Fsp3) is 0.0732. The largest absolute Gasteiger partial charge is 0.484 e. The zero-order valence-corrected chi connectivity index (χ0v) is 26.4. The van der Waals surface area contributed by atoms with E-state index in [1.54, 1.807) is 0 Å². The molecule has 1 aliphatic carbocycles. The molecule has 0 aromatic heterocycles.